The van der Waals surface area contributed by atoms with Crippen molar-refractivity contribution in [2.45, 2.75) is 55.4 Å². The van der Waals surface area contributed by atoms with Crippen LogP contribution in [0.15, 0.2) is 133 Å². The highest BCUT2D eigenvalue weighted by molar-refractivity contribution is 6.41. The van der Waals surface area contributed by atoms with E-state index in [1.165, 1.54) is 0 Å². The summed E-state index contributed by atoms with van der Waals surface area (Å²) >= 11 is -6.36. The van der Waals surface area contributed by atoms with E-state index >= 15 is 0 Å². The van der Waals surface area contributed by atoms with Crippen LogP contribution in [0.3, 0.4) is 0 Å². The fraction of sp³-hybridized carbons (Fsp3) is 0.148. The normalized spacial score (nSPS) is 11.3. The van der Waals surface area contributed by atoms with Gasteiger partial charge in [0, 0.05) is 55.1 Å². The van der Waals surface area contributed by atoms with Crippen LogP contribution in [0.1, 0.15) is 45.0 Å². The van der Waals surface area contributed by atoms with E-state index in [0.717, 1.165) is 99.4 Å². The number of hydrogen-bond acceptors (Lipinski definition) is 10. The van der Waals surface area contributed by atoms with Crippen molar-refractivity contribution in [3.8, 4) is 34.5 Å². The number of pyridine rings is 4. The van der Waals surface area contributed by atoms with Gasteiger partial charge in [0.2, 0.25) is 0 Å². The van der Waals surface area contributed by atoms with E-state index in [9.17, 15) is 0 Å². The van der Waals surface area contributed by atoms with Gasteiger partial charge >= 0.3 is 30.3 Å². The molecule has 10 rings (SSSR count). The minimum absolute atomic E-state index is 0.559. The molecule has 66 heavy (non-hydrogen) atoms. The summed E-state index contributed by atoms with van der Waals surface area (Å²) in [5, 5.41) is 5.55. The van der Waals surface area contributed by atoms with Gasteiger partial charge in [-0.25, -0.2) is 19.9 Å². The molecular weight excluding hydrogens is 855 g/mol. The second kappa shape index (κ2) is 17.8. The largest absolute Gasteiger partial charge is 1.20 e. The van der Waals surface area contributed by atoms with Crippen LogP contribution in [0.4, 0.5) is 0 Å². The van der Waals surface area contributed by atoms with Gasteiger partial charge in [0.15, 0.2) is 0 Å². The Labute approximate surface area is 393 Å². The van der Waals surface area contributed by atoms with Gasteiger partial charge in [0.05, 0.1) is 11.5 Å². The Morgan fingerprint density at radius 2 is 0.515 bits per heavy atom. The molecule has 12 heteroatoms. The fourth-order valence-electron chi connectivity index (χ4n) is 8.82. The second-order valence-corrected chi connectivity index (χ2v) is 19.4. The third kappa shape index (κ3) is 8.53. The Morgan fingerprint density at radius 3 is 0.788 bits per heavy atom. The summed E-state index contributed by atoms with van der Waals surface area (Å²) in [5.41, 5.74) is 10.9. The summed E-state index contributed by atoms with van der Waals surface area (Å²) < 4.78 is 41.4. The molecule has 10 nitrogen and oxygen atoms in total. The highest BCUT2D eigenvalue weighted by Gasteiger charge is 2.47. The van der Waals surface area contributed by atoms with Crippen LogP contribution >= 0.6 is 0 Å². The van der Waals surface area contributed by atoms with E-state index < -0.39 is 30.3 Å². The van der Waals surface area contributed by atoms with E-state index in [1.54, 1.807) is 0 Å². The van der Waals surface area contributed by atoms with Crippen LogP contribution in [0.5, 0.6) is 34.5 Å². The van der Waals surface area contributed by atoms with Gasteiger partial charge < -0.3 is 22.7 Å². The molecule has 6 aromatic carbocycles. The Morgan fingerprint density at radius 1 is 0.273 bits per heavy atom. The molecule has 0 atom stereocenters. The van der Waals surface area contributed by atoms with E-state index in [1.807, 2.05) is 113 Å². The molecule has 0 unspecified atom stereocenters. The lowest BCUT2D eigenvalue weighted by atomic mass is 10.1. The van der Waals surface area contributed by atoms with Crippen LogP contribution in [-0.4, -0.2) is 50.2 Å². The molecule has 324 valence electrons. The Kier molecular flexibility index (Phi) is 11.6. The Bertz CT molecular complexity index is 3110. The van der Waals surface area contributed by atoms with Crippen molar-refractivity contribution in [1.82, 2.24) is 19.9 Å². The monoisotopic (exact) mass is 900 g/mol. The number of aryl methyl sites for hydroxylation is 8. The number of rotatable bonds is 12. The molecule has 0 saturated carbocycles. The maximum absolute atomic E-state index is 6.96. The van der Waals surface area contributed by atoms with Gasteiger partial charge in [-0.05, 0) is 138 Å². The first-order chi connectivity index (χ1) is 31.9. The molecule has 10 aromatic rings. The smallest absolute Gasteiger partial charge is 0.577 e. The third-order valence-electron chi connectivity index (χ3n) is 11.7. The average Bonchev–Trinajstić information content (AvgIpc) is 3.28. The number of para-hydroxylation sites is 4. The minimum Gasteiger partial charge on any atom is -0.577 e. The molecule has 0 bridgehead atoms. The van der Waals surface area contributed by atoms with Gasteiger partial charge in [-0.1, -0.05) is 72.8 Å². The Hall–Kier alpha value is -6.92. The van der Waals surface area contributed by atoms with Crippen LogP contribution in [0.25, 0.3) is 54.4 Å². The predicted octanol–water partition coefficient (Wildman–Crippen LogP) is 12.5. The molecule has 0 aliphatic carbocycles. The molecule has 0 amide bonds. The van der Waals surface area contributed by atoms with Gasteiger partial charge in [0.1, 0.15) is 45.1 Å². The van der Waals surface area contributed by atoms with Crippen molar-refractivity contribution in [2.75, 3.05) is 0 Å². The summed E-state index contributed by atoms with van der Waals surface area (Å²) in [6.45, 7) is 16.3. The summed E-state index contributed by atoms with van der Waals surface area (Å²) in [6.07, 6.45) is 0. The van der Waals surface area contributed by atoms with Crippen LogP contribution < -0.4 is 22.7 Å². The van der Waals surface area contributed by atoms with Crippen molar-refractivity contribution in [2.24, 2.45) is 0 Å². The second-order valence-electron chi connectivity index (χ2n) is 16.8. The number of fused-ring (bicyclic) bond motifs is 5. The zero-order chi connectivity index (χ0) is 45.6. The first-order valence-corrected chi connectivity index (χ1v) is 24.8. The summed E-state index contributed by atoms with van der Waals surface area (Å²) in [5.74, 6) is 3.42. The zero-order valence-electron chi connectivity index (χ0n) is 38.1. The van der Waals surface area contributed by atoms with E-state index in [-0.39, 0.29) is 0 Å². The topological polar surface area (TPSA) is 107 Å². The lowest BCUT2D eigenvalue weighted by Gasteiger charge is -2.22. The predicted molar refractivity (Wildman–Crippen MR) is 264 cm³/mol. The lowest BCUT2D eigenvalue weighted by molar-refractivity contribution is 0.307. The number of nitrogens with zero attached hydrogens (tertiary/aromatic N) is 4. The Balaban J connectivity index is 1.05. The fourth-order valence-corrected chi connectivity index (χ4v) is 11.5. The van der Waals surface area contributed by atoms with Crippen molar-refractivity contribution in [1.29, 1.82) is 0 Å². The number of hydrogen-bond donors (Lipinski definition) is 0. The zero-order valence-corrected chi connectivity index (χ0v) is 40.4. The standard InChI is InChI=1S/4C11H11NO.C10H8O2.2Al/c4*1-7-6-8(2)12-11-9(7)4-3-5-10(11)13;11-9-5-6-10(12)8-4-2-1-3-7(8)9;;/h4*3-6,13H,1-2H3;1-6,11-12H;;/q;;;;;2*+3/p-6. The van der Waals surface area contributed by atoms with Crippen molar-refractivity contribution >= 4 is 84.7 Å². The SMILES string of the molecule is Cc1cc(C)c2cccc([O][Al]([O]c3ccc([O][Al]([O]c4cccc5c(C)cc(C)nc45)[O]c4cccc5c(C)cc(C)nc45)c4ccccc34)[O]c3cccc4c(C)cc(C)nc34)c2n1. The quantitative estimate of drug-likeness (QED) is 0.110. The molecule has 0 fully saturated rings. The third-order valence-corrected chi connectivity index (χ3v) is 14.4. The summed E-state index contributed by atoms with van der Waals surface area (Å²) in [6, 6.07) is 43.8. The van der Waals surface area contributed by atoms with Crippen LogP contribution in [-0.2, 0) is 0 Å². The first-order valence-electron chi connectivity index (χ1n) is 22.0. The van der Waals surface area contributed by atoms with E-state index in [0.29, 0.717) is 34.5 Å². The molecule has 0 aliphatic rings. The van der Waals surface area contributed by atoms with Crippen molar-refractivity contribution < 1.29 is 22.7 Å². The molecule has 0 saturated heterocycles. The first kappa shape index (κ1) is 43.0. The van der Waals surface area contributed by atoms with Gasteiger partial charge in [-0.15, -0.1) is 0 Å². The van der Waals surface area contributed by atoms with E-state index in [2.05, 4.69) is 76.2 Å². The molecule has 0 aliphatic heterocycles. The highest BCUT2D eigenvalue weighted by atomic mass is 27.3. The molecule has 0 radical (unpaired) electrons. The maximum Gasteiger partial charge on any atom is 1.20 e. The molecule has 0 spiro atoms. The lowest BCUT2D eigenvalue weighted by Crippen LogP contribution is -2.38. The van der Waals surface area contributed by atoms with Gasteiger partial charge in [-0.3, -0.25) is 0 Å². The maximum atomic E-state index is 6.96. The van der Waals surface area contributed by atoms with Crippen LogP contribution in [0.2, 0.25) is 0 Å². The average molecular weight is 901 g/mol. The molecular formula is C54H46Al2N4O6. The summed E-state index contributed by atoms with van der Waals surface area (Å²) in [7, 11) is 0. The van der Waals surface area contributed by atoms with Crippen molar-refractivity contribution in [3.05, 3.63) is 178 Å². The molecule has 4 aromatic heterocycles. The highest BCUT2D eigenvalue weighted by Crippen LogP contribution is 2.37. The van der Waals surface area contributed by atoms with Gasteiger partial charge in [-0.2, -0.15) is 0 Å². The van der Waals surface area contributed by atoms with Crippen molar-refractivity contribution in [3.63, 3.8) is 0 Å². The number of benzene rings is 6. The van der Waals surface area contributed by atoms with Gasteiger partial charge in [0.25, 0.3) is 0 Å². The minimum atomic E-state index is -3.18. The summed E-state index contributed by atoms with van der Waals surface area (Å²) in [4.78, 5) is 19.6. The molecule has 0 N–H and O–H groups in total. The van der Waals surface area contributed by atoms with E-state index in [4.69, 9.17) is 42.7 Å². The molecule has 4 heterocycles. The number of aromatic nitrogens is 4. The van der Waals surface area contributed by atoms with Crippen LogP contribution in [0, 0.1) is 55.4 Å².